The molecule has 2 atom stereocenters. The van der Waals surface area contributed by atoms with E-state index in [4.69, 9.17) is 11.6 Å². The molecule has 0 spiro atoms. The second-order valence-electron chi connectivity index (χ2n) is 5.18. The predicted molar refractivity (Wildman–Crippen MR) is 79.7 cm³/mol. The molecule has 1 aromatic carbocycles. The number of aliphatic hydroxyl groups is 1. The standard InChI is InChI=1S/C15H17ClN4O/c1-12(21)6-7-15(8-17,9-20-11-18-10-19-20)13-2-4-14(16)5-3-13/h2-5,10-12,21H,6-7,9H2,1H3. The van der Waals surface area contributed by atoms with Crippen LogP contribution in [-0.2, 0) is 12.0 Å². The summed E-state index contributed by atoms with van der Waals surface area (Å²) in [6, 6.07) is 9.65. The quantitative estimate of drug-likeness (QED) is 0.890. The molecule has 1 heterocycles. The predicted octanol–water partition coefficient (Wildman–Crippen LogP) is 2.55. The van der Waals surface area contributed by atoms with Crippen LogP contribution in [0.25, 0.3) is 0 Å². The van der Waals surface area contributed by atoms with Crippen molar-refractivity contribution in [3.8, 4) is 6.07 Å². The van der Waals surface area contributed by atoms with E-state index in [1.807, 2.05) is 12.1 Å². The third-order valence-electron chi connectivity index (χ3n) is 3.50. The fraction of sp³-hybridized carbons (Fsp3) is 0.400. The summed E-state index contributed by atoms with van der Waals surface area (Å²) in [6.07, 6.45) is 3.64. The number of nitriles is 1. The summed E-state index contributed by atoms with van der Waals surface area (Å²) < 4.78 is 1.64. The van der Waals surface area contributed by atoms with Gasteiger partial charge in [-0.15, -0.1) is 0 Å². The van der Waals surface area contributed by atoms with E-state index in [0.717, 1.165) is 5.56 Å². The average molecular weight is 305 g/mol. The van der Waals surface area contributed by atoms with Crippen molar-refractivity contribution in [1.29, 1.82) is 5.26 Å². The maximum Gasteiger partial charge on any atom is 0.137 e. The van der Waals surface area contributed by atoms with Crippen molar-refractivity contribution in [3.63, 3.8) is 0 Å². The minimum Gasteiger partial charge on any atom is -0.393 e. The van der Waals surface area contributed by atoms with Crippen LogP contribution in [0, 0.1) is 11.3 Å². The molecule has 0 aliphatic heterocycles. The average Bonchev–Trinajstić information content (AvgIpc) is 2.97. The van der Waals surface area contributed by atoms with E-state index in [1.54, 1.807) is 30.1 Å². The first-order chi connectivity index (χ1) is 10.1. The van der Waals surface area contributed by atoms with E-state index in [-0.39, 0.29) is 0 Å². The van der Waals surface area contributed by atoms with Gasteiger partial charge >= 0.3 is 0 Å². The van der Waals surface area contributed by atoms with Crippen LogP contribution in [0.4, 0.5) is 0 Å². The minimum atomic E-state index is -0.769. The molecule has 0 fully saturated rings. The maximum atomic E-state index is 9.78. The van der Waals surface area contributed by atoms with Gasteiger partial charge in [0.2, 0.25) is 0 Å². The van der Waals surface area contributed by atoms with Gasteiger partial charge in [0.1, 0.15) is 18.1 Å². The molecule has 21 heavy (non-hydrogen) atoms. The lowest BCUT2D eigenvalue weighted by molar-refractivity contribution is 0.170. The zero-order valence-electron chi connectivity index (χ0n) is 11.8. The van der Waals surface area contributed by atoms with Crippen molar-refractivity contribution in [2.75, 3.05) is 0 Å². The number of hydrogen-bond donors (Lipinski definition) is 1. The molecular weight excluding hydrogens is 288 g/mol. The third kappa shape index (κ3) is 3.81. The molecule has 1 N–H and O–H groups in total. The Labute approximate surface area is 128 Å². The lowest BCUT2D eigenvalue weighted by Gasteiger charge is -2.27. The molecule has 110 valence electrons. The minimum absolute atomic E-state index is 0.387. The van der Waals surface area contributed by atoms with Crippen LogP contribution in [0.1, 0.15) is 25.3 Å². The Kier molecular flexibility index (Phi) is 4.94. The maximum absolute atomic E-state index is 9.78. The monoisotopic (exact) mass is 304 g/mol. The molecule has 0 amide bonds. The fourth-order valence-electron chi connectivity index (χ4n) is 2.29. The summed E-state index contributed by atoms with van der Waals surface area (Å²) in [5.41, 5.74) is 0.0977. The Balaban J connectivity index is 2.35. The van der Waals surface area contributed by atoms with Crippen molar-refractivity contribution in [1.82, 2.24) is 14.8 Å². The van der Waals surface area contributed by atoms with Crippen molar-refractivity contribution in [3.05, 3.63) is 47.5 Å². The van der Waals surface area contributed by atoms with Gasteiger partial charge in [-0.25, -0.2) is 4.98 Å². The molecule has 0 aliphatic rings. The van der Waals surface area contributed by atoms with Crippen LogP contribution in [0.2, 0.25) is 5.02 Å². The smallest absolute Gasteiger partial charge is 0.137 e. The van der Waals surface area contributed by atoms with Crippen LogP contribution in [0.3, 0.4) is 0 Å². The lowest BCUT2D eigenvalue weighted by Crippen LogP contribution is -2.31. The van der Waals surface area contributed by atoms with Gasteiger partial charge in [-0.2, -0.15) is 10.4 Å². The van der Waals surface area contributed by atoms with Gasteiger partial charge in [0.25, 0.3) is 0 Å². The van der Waals surface area contributed by atoms with E-state index in [0.29, 0.717) is 24.4 Å². The highest BCUT2D eigenvalue weighted by Gasteiger charge is 2.33. The van der Waals surface area contributed by atoms with Gasteiger partial charge in [-0.05, 0) is 37.5 Å². The molecule has 2 unspecified atom stereocenters. The summed E-state index contributed by atoms with van der Waals surface area (Å²) >= 11 is 5.92. The van der Waals surface area contributed by atoms with E-state index in [2.05, 4.69) is 16.2 Å². The largest absolute Gasteiger partial charge is 0.393 e. The summed E-state index contributed by atoms with van der Waals surface area (Å²) in [4.78, 5) is 3.92. The number of aliphatic hydroxyl groups excluding tert-OH is 1. The number of benzene rings is 1. The fourth-order valence-corrected chi connectivity index (χ4v) is 2.41. The van der Waals surface area contributed by atoms with Gasteiger partial charge in [0.05, 0.1) is 18.7 Å². The molecule has 2 aromatic rings. The lowest BCUT2D eigenvalue weighted by atomic mass is 9.77. The Bertz CT molecular complexity index is 604. The first kappa shape index (κ1) is 15.5. The third-order valence-corrected chi connectivity index (χ3v) is 3.75. The molecule has 0 aliphatic carbocycles. The Morgan fingerprint density at radius 3 is 2.67 bits per heavy atom. The zero-order chi connectivity index (χ0) is 15.3. The molecule has 5 nitrogen and oxygen atoms in total. The highest BCUT2D eigenvalue weighted by atomic mass is 35.5. The van der Waals surface area contributed by atoms with Crippen molar-refractivity contribution < 1.29 is 5.11 Å². The Hall–Kier alpha value is -1.90. The highest BCUT2D eigenvalue weighted by molar-refractivity contribution is 6.30. The molecule has 6 heteroatoms. The summed E-state index contributed by atoms with van der Waals surface area (Å²) in [6.45, 7) is 2.11. The molecule has 0 bridgehead atoms. The Morgan fingerprint density at radius 1 is 1.43 bits per heavy atom. The number of hydrogen-bond acceptors (Lipinski definition) is 4. The summed E-state index contributed by atoms with van der Waals surface area (Å²) in [5, 5.41) is 24.1. The molecular formula is C15H17ClN4O. The highest BCUT2D eigenvalue weighted by Crippen LogP contribution is 2.32. The summed E-state index contributed by atoms with van der Waals surface area (Å²) in [7, 11) is 0. The van der Waals surface area contributed by atoms with Crippen LogP contribution in [0.5, 0.6) is 0 Å². The molecule has 0 radical (unpaired) electrons. The topological polar surface area (TPSA) is 74.7 Å². The summed E-state index contributed by atoms with van der Waals surface area (Å²) in [5.74, 6) is 0. The van der Waals surface area contributed by atoms with Gasteiger partial charge < -0.3 is 5.11 Å². The van der Waals surface area contributed by atoms with Crippen LogP contribution < -0.4 is 0 Å². The van der Waals surface area contributed by atoms with E-state index in [9.17, 15) is 10.4 Å². The van der Waals surface area contributed by atoms with Gasteiger partial charge in [0.15, 0.2) is 0 Å². The van der Waals surface area contributed by atoms with Gasteiger partial charge in [0, 0.05) is 5.02 Å². The van der Waals surface area contributed by atoms with Crippen LogP contribution in [-0.4, -0.2) is 26.0 Å². The van der Waals surface area contributed by atoms with Crippen molar-refractivity contribution in [2.24, 2.45) is 0 Å². The molecule has 2 rings (SSSR count). The van der Waals surface area contributed by atoms with Crippen LogP contribution >= 0.6 is 11.6 Å². The van der Waals surface area contributed by atoms with Crippen LogP contribution in [0.15, 0.2) is 36.9 Å². The molecule has 0 saturated heterocycles. The first-order valence-corrected chi connectivity index (χ1v) is 7.11. The van der Waals surface area contributed by atoms with Crippen molar-refractivity contribution in [2.45, 2.75) is 37.8 Å². The normalized spacial score (nSPS) is 15.1. The molecule has 0 saturated carbocycles. The van der Waals surface area contributed by atoms with Gasteiger partial charge in [-0.3, -0.25) is 4.68 Å². The second-order valence-corrected chi connectivity index (χ2v) is 5.62. The first-order valence-electron chi connectivity index (χ1n) is 6.73. The number of aromatic nitrogens is 3. The van der Waals surface area contributed by atoms with E-state index < -0.39 is 11.5 Å². The zero-order valence-corrected chi connectivity index (χ0v) is 12.5. The number of rotatable bonds is 6. The molecule has 1 aromatic heterocycles. The van der Waals surface area contributed by atoms with E-state index in [1.165, 1.54) is 6.33 Å². The Morgan fingerprint density at radius 2 is 2.14 bits per heavy atom. The number of halogens is 1. The SMILES string of the molecule is CC(O)CCC(C#N)(Cn1cncn1)c1ccc(Cl)cc1. The van der Waals surface area contributed by atoms with E-state index >= 15 is 0 Å². The van der Waals surface area contributed by atoms with Crippen molar-refractivity contribution >= 4 is 11.6 Å². The van der Waals surface area contributed by atoms with Gasteiger partial charge in [-0.1, -0.05) is 23.7 Å². The second kappa shape index (κ2) is 6.70. The number of nitrogens with zero attached hydrogens (tertiary/aromatic N) is 4.